The van der Waals surface area contributed by atoms with Crippen molar-refractivity contribution in [1.82, 2.24) is 5.32 Å². The average Bonchev–Trinajstić information content (AvgIpc) is 3.06. The van der Waals surface area contributed by atoms with Crippen LogP contribution in [0.4, 0.5) is 0 Å². The third-order valence-electron chi connectivity index (χ3n) is 3.98. The summed E-state index contributed by atoms with van der Waals surface area (Å²) >= 11 is 0. The van der Waals surface area contributed by atoms with E-state index in [2.05, 4.69) is 19.2 Å². The molecule has 2 aliphatic rings. The van der Waals surface area contributed by atoms with Gasteiger partial charge in [0.2, 0.25) is 0 Å². The van der Waals surface area contributed by atoms with Gasteiger partial charge in [0.25, 0.3) is 5.91 Å². The number of hydrogen-bond donors (Lipinski definition) is 1. The lowest BCUT2D eigenvalue weighted by molar-refractivity contribution is 0.0953. The van der Waals surface area contributed by atoms with E-state index in [4.69, 9.17) is 4.74 Å². The largest absolute Gasteiger partial charge is 0.491 e. The Bertz CT molecular complexity index is 563. The number of fused-ring (bicyclic) bond motifs is 1. The lowest BCUT2D eigenvalue weighted by Crippen LogP contribution is -2.24. The van der Waals surface area contributed by atoms with E-state index in [0.717, 1.165) is 6.42 Å². The molecule has 100 valence electrons. The van der Waals surface area contributed by atoms with E-state index in [1.807, 2.05) is 0 Å². The molecule has 0 spiro atoms. The monoisotopic (exact) mass is 259 g/mol. The number of ketones is 1. The average molecular weight is 259 g/mol. The van der Waals surface area contributed by atoms with Crippen LogP contribution >= 0.6 is 0 Å². The topological polar surface area (TPSA) is 55.4 Å². The van der Waals surface area contributed by atoms with Gasteiger partial charge in [0.1, 0.15) is 12.4 Å². The molecule has 19 heavy (non-hydrogen) atoms. The number of carbonyl (C=O) groups is 2. The van der Waals surface area contributed by atoms with Gasteiger partial charge in [-0.15, -0.1) is 0 Å². The zero-order chi connectivity index (χ0) is 13.6. The van der Waals surface area contributed by atoms with Crippen molar-refractivity contribution >= 4 is 11.7 Å². The van der Waals surface area contributed by atoms with Crippen LogP contribution in [0.15, 0.2) is 18.2 Å². The zero-order valence-corrected chi connectivity index (χ0v) is 11.2. The van der Waals surface area contributed by atoms with Crippen molar-refractivity contribution in [3.8, 4) is 5.75 Å². The van der Waals surface area contributed by atoms with Crippen molar-refractivity contribution in [1.29, 1.82) is 0 Å². The van der Waals surface area contributed by atoms with Crippen LogP contribution in [-0.4, -0.2) is 24.8 Å². The second kappa shape index (κ2) is 4.08. The Hall–Kier alpha value is -1.84. The molecule has 0 aromatic heterocycles. The van der Waals surface area contributed by atoms with E-state index >= 15 is 0 Å². The van der Waals surface area contributed by atoms with Crippen molar-refractivity contribution in [3.63, 3.8) is 0 Å². The molecule has 1 aromatic rings. The highest BCUT2D eigenvalue weighted by atomic mass is 16.5. The third-order valence-corrected chi connectivity index (χ3v) is 3.98. The van der Waals surface area contributed by atoms with Crippen molar-refractivity contribution in [3.05, 3.63) is 29.3 Å². The first-order valence-electron chi connectivity index (χ1n) is 6.58. The SMILES string of the molecule is CC1(C)CC1C(=O)c1ccc2c(c1)C(=O)NCCO2. The molecule has 1 aromatic carbocycles. The van der Waals surface area contributed by atoms with Crippen LogP contribution in [0.25, 0.3) is 0 Å². The van der Waals surface area contributed by atoms with Gasteiger partial charge in [-0.3, -0.25) is 9.59 Å². The van der Waals surface area contributed by atoms with E-state index in [-0.39, 0.29) is 23.0 Å². The van der Waals surface area contributed by atoms with Crippen LogP contribution in [0.5, 0.6) is 5.75 Å². The van der Waals surface area contributed by atoms with Crippen LogP contribution < -0.4 is 10.1 Å². The van der Waals surface area contributed by atoms with Crippen molar-refractivity contribution in [2.24, 2.45) is 11.3 Å². The van der Waals surface area contributed by atoms with Gasteiger partial charge in [-0.1, -0.05) is 13.8 Å². The van der Waals surface area contributed by atoms with Gasteiger partial charge in [0.05, 0.1) is 12.1 Å². The molecule has 1 atom stereocenters. The molecule has 1 unspecified atom stereocenters. The van der Waals surface area contributed by atoms with E-state index in [9.17, 15) is 9.59 Å². The van der Waals surface area contributed by atoms with Crippen LogP contribution in [0.3, 0.4) is 0 Å². The number of benzene rings is 1. The summed E-state index contributed by atoms with van der Waals surface area (Å²) in [5, 5.41) is 2.75. The minimum absolute atomic E-state index is 0.0836. The normalized spacial score (nSPS) is 23.7. The van der Waals surface area contributed by atoms with Crippen molar-refractivity contribution < 1.29 is 14.3 Å². The number of hydrogen-bond acceptors (Lipinski definition) is 3. The first-order valence-corrected chi connectivity index (χ1v) is 6.58. The number of carbonyl (C=O) groups excluding carboxylic acids is 2. The molecular weight excluding hydrogens is 242 g/mol. The number of rotatable bonds is 2. The zero-order valence-electron chi connectivity index (χ0n) is 11.2. The van der Waals surface area contributed by atoms with Gasteiger partial charge in [0, 0.05) is 11.5 Å². The summed E-state index contributed by atoms with van der Waals surface area (Å²) in [5.41, 5.74) is 1.17. The highest BCUT2D eigenvalue weighted by Crippen LogP contribution is 2.53. The van der Waals surface area contributed by atoms with Crippen LogP contribution in [0, 0.1) is 11.3 Å². The van der Waals surface area contributed by atoms with Gasteiger partial charge in [-0.2, -0.15) is 0 Å². The maximum absolute atomic E-state index is 12.3. The van der Waals surface area contributed by atoms with Crippen molar-refractivity contribution in [2.45, 2.75) is 20.3 Å². The number of ether oxygens (including phenoxy) is 1. The summed E-state index contributed by atoms with van der Waals surface area (Å²) in [4.78, 5) is 24.2. The lowest BCUT2D eigenvalue weighted by Gasteiger charge is -2.08. The Labute approximate surface area is 112 Å². The molecule has 4 nitrogen and oxygen atoms in total. The molecular formula is C15H17NO3. The summed E-state index contributed by atoms with van der Waals surface area (Å²) in [7, 11) is 0. The van der Waals surface area contributed by atoms with Crippen molar-refractivity contribution in [2.75, 3.05) is 13.2 Å². The highest BCUT2D eigenvalue weighted by Gasteiger charge is 2.50. The summed E-state index contributed by atoms with van der Waals surface area (Å²) in [5.74, 6) is 0.601. The predicted octanol–water partition coefficient (Wildman–Crippen LogP) is 2.04. The summed E-state index contributed by atoms with van der Waals surface area (Å²) in [6, 6.07) is 5.14. The third kappa shape index (κ3) is 2.11. The van der Waals surface area contributed by atoms with Gasteiger partial charge in [-0.05, 0) is 30.0 Å². The van der Waals surface area contributed by atoms with Crippen LogP contribution in [0.1, 0.15) is 41.0 Å². The number of Topliss-reactive ketones (excluding diaryl/α,β-unsaturated/α-hetero) is 1. The molecule has 1 saturated carbocycles. The quantitative estimate of drug-likeness (QED) is 0.827. The Morgan fingerprint density at radius 3 is 2.84 bits per heavy atom. The van der Waals surface area contributed by atoms with E-state index in [0.29, 0.717) is 30.0 Å². The van der Waals surface area contributed by atoms with E-state index in [1.54, 1.807) is 18.2 Å². The molecule has 1 amide bonds. The number of amides is 1. The molecule has 1 N–H and O–H groups in total. The first kappa shape index (κ1) is 12.2. The molecule has 0 bridgehead atoms. The van der Waals surface area contributed by atoms with E-state index < -0.39 is 0 Å². The maximum atomic E-state index is 12.3. The molecule has 3 rings (SSSR count). The second-order valence-electron chi connectivity index (χ2n) is 5.92. The maximum Gasteiger partial charge on any atom is 0.255 e. The fraction of sp³-hybridized carbons (Fsp3) is 0.467. The van der Waals surface area contributed by atoms with E-state index in [1.165, 1.54) is 0 Å². The molecule has 4 heteroatoms. The highest BCUT2D eigenvalue weighted by molar-refractivity contribution is 6.04. The first-order chi connectivity index (χ1) is 8.99. The Balaban J connectivity index is 1.93. The molecule has 1 aliphatic carbocycles. The minimum Gasteiger partial charge on any atom is -0.491 e. The van der Waals surface area contributed by atoms with Gasteiger partial charge >= 0.3 is 0 Å². The Morgan fingerprint density at radius 2 is 2.16 bits per heavy atom. The minimum atomic E-state index is -0.169. The summed E-state index contributed by atoms with van der Waals surface area (Å²) < 4.78 is 5.48. The molecule has 1 aliphatic heterocycles. The predicted molar refractivity (Wildman–Crippen MR) is 70.5 cm³/mol. The molecule has 0 saturated heterocycles. The van der Waals surface area contributed by atoms with Gasteiger partial charge in [-0.25, -0.2) is 0 Å². The van der Waals surface area contributed by atoms with Crippen LogP contribution in [0.2, 0.25) is 0 Å². The lowest BCUT2D eigenvalue weighted by atomic mass is 9.99. The molecule has 0 radical (unpaired) electrons. The standard InChI is InChI=1S/C15H17NO3/c1-15(2)8-11(15)13(17)9-3-4-12-10(7-9)14(18)16-5-6-19-12/h3-4,7,11H,5-6,8H2,1-2H3,(H,16,18). The summed E-state index contributed by atoms with van der Waals surface area (Å²) in [6.07, 6.45) is 0.922. The van der Waals surface area contributed by atoms with Gasteiger partial charge < -0.3 is 10.1 Å². The second-order valence-corrected chi connectivity index (χ2v) is 5.92. The van der Waals surface area contributed by atoms with Crippen LogP contribution in [-0.2, 0) is 0 Å². The number of nitrogens with one attached hydrogen (secondary N) is 1. The molecule has 1 heterocycles. The fourth-order valence-corrected chi connectivity index (χ4v) is 2.52. The fourth-order valence-electron chi connectivity index (χ4n) is 2.52. The Morgan fingerprint density at radius 1 is 1.42 bits per heavy atom. The Kier molecular flexibility index (Phi) is 2.62. The smallest absolute Gasteiger partial charge is 0.255 e. The van der Waals surface area contributed by atoms with Gasteiger partial charge in [0.15, 0.2) is 5.78 Å². The molecule has 1 fully saturated rings. The summed E-state index contributed by atoms with van der Waals surface area (Å²) in [6.45, 7) is 5.14.